The largest absolute Gasteiger partial charge is 0.415 e. The average molecular weight is 293 g/mol. The molecule has 0 N–H and O–H groups in total. The van der Waals surface area contributed by atoms with Crippen molar-refractivity contribution >= 4 is 37.1 Å². The van der Waals surface area contributed by atoms with Crippen molar-refractivity contribution < 1.29 is 16.5 Å². The second-order valence-electron chi connectivity index (χ2n) is 3.81. The lowest BCUT2D eigenvalue weighted by atomic mass is 10.9. The first-order chi connectivity index (χ1) is 7.66. The van der Waals surface area contributed by atoms with E-state index in [1.165, 1.54) is 0 Å². The van der Waals surface area contributed by atoms with E-state index in [9.17, 15) is 0 Å². The molecule has 0 atom stereocenters. The molecule has 8 heteroatoms. The Bertz CT molecular complexity index is 188. The van der Waals surface area contributed by atoms with Crippen LogP contribution in [0.5, 0.6) is 0 Å². The summed E-state index contributed by atoms with van der Waals surface area (Å²) in [5.41, 5.74) is 0. The summed E-state index contributed by atoms with van der Waals surface area (Å²) in [6.45, 7) is 8.59. The fourth-order valence-corrected chi connectivity index (χ4v) is 13.5. The quantitative estimate of drug-likeness (QED) is 0.744. The van der Waals surface area contributed by atoms with Crippen molar-refractivity contribution in [2.24, 2.45) is 0 Å². The first-order valence-corrected chi connectivity index (χ1v) is 12.0. The first-order valence-electron chi connectivity index (χ1n) is 5.88. The van der Waals surface area contributed by atoms with E-state index in [2.05, 4.69) is 27.7 Å². The van der Waals surface area contributed by atoms with Gasteiger partial charge in [0, 0.05) is 0 Å². The zero-order valence-corrected chi connectivity index (χ0v) is 14.5. The summed E-state index contributed by atoms with van der Waals surface area (Å²) < 4.78 is 23.6. The molecule has 0 bridgehead atoms. The van der Waals surface area contributed by atoms with Crippen LogP contribution >= 0.6 is 0 Å². The number of hydrogen-bond donors (Lipinski definition) is 0. The molecule has 1 saturated heterocycles. The Morgan fingerprint density at radius 1 is 0.750 bits per heavy atom. The van der Waals surface area contributed by atoms with Gasteiger partial charge in [-0.3, -0.25) is 0 Å². The van der Waals surface area contributed by atoms with Gasteiger partial charge in [-0.25, -0.2) is 0 Å². The van der Waals surface area contributed by atoms with Crippen molar-refractivity contribution in [3.63, 3.8) is 0 Å². The third-order valence-electron chi connectivity index (χ3n) is 3.07. The van der Waals surface area contributed by atoms with Crippen LogP contribution in [-0.2, 0) is 16.5 Å². The zero-order valence-electron chi connectivity index (χ0n) is 10.5. The SMILES string of the molecule is CC[Si]1(CC)O[Si]O[Si]O[Si](CC)(CC)O1. The van der Waals surface area contributed by atoms with Gasteiger partial charge in [0.1, 0.15) is 0 Å². The van der Waals surface area contributed by atoms with Gasteiger partial charge < -0.3 is 16.5 Å². The van der Waals surface area contributed by atoms with Crippen LogP contribution in [0.15, 0.2) is 0 Å². The maximum atomic E-state index is 6.43. The maximum Gasteiger partial charge on any atom is 0.413 e. The standard InChI is InChI=1S/C8H20O4Si4/c1-5-15(6-2)10-13-9-14-11-16(7-3,8-4)12-15/h5-8H2,1-4H3. The van der Waals surface area contributed by atoms with Crippen LogP contribution < -0.4 is 0 Å². The molecule has 0 spiro atoms. The smallest absolute Gasteiger partial charge is 0.413 e. The molecule has 1 aliphatic rings. The monoisotopic (exact) mass is 292 g/mol. The first kappa shape index (κ1) is 14.8. The van der Waals surface area contributed by atoms with Gasteiger partial charge in [-0.2, -0.15) is 0 Å². The zero-order chi connectivity index (χ0) is 12.1. The van der Waals surface area contributed by atoms with Crippen molar-refractivity contribution in [1.29, 1.82) is 0 Å². The van der Waals surface area contributed by atoms with Crippen molar-refractivity contribution in [3.8, 4) is 0 Å². The average Bonchev–Trinajstić information content (AvgIpc) is 2.31. The molecule has 1 heterocycles. The molecule has 0 aliphatic carbocycles. The van der Waals surface area contributed by atoms with Gasteiger partial charge in [-0.15, -0.1) is 0 Å². The van der Waals surface area contributed by atoms with Crippen molar-refractivity contribution in [3.05, 3.63) is 0 Å². The third-order valence-corrected chi connectivity index (χ3v) is 14.7. The van der Waals surface area contributed by atoms with Crippen LogP contribution in [0.1, 0.15) is 27.7 Å². The molecule has 0 aromatic heterocycles. The minimum atomic E-state index is -2.06. The molecule has 1 fully saturated rings. The molecule has 0 unspecified atom stereocenters. The molecule has 1 aliphatic heterocycles. The highest BCUT2D eigenvalue weighted by molar-refractivity contribution is 6.85. The van der Waals surface area contributed by atoms with E-state index in [1.54, 1.807) is 0 Å². The Hall–Kier alpha value is 0.708. The Morgan fingerprint density at radius 3 is 1.44 bits per heavy atom. The molecule has 0 amide bonds. The summed E-state index contributed by atoms with van der Waals surface area (Å²) in [6, 6.07) is 3.89. The lowest BCUT2D eigenvalue weighted by Gasteiger charge is -2.40. The van der Waals surface area contributed by atoms with Crippen LogP contribution in [0.25, 0.3) is 0 Å². The summed E-state index contributed by atoms with van der Waals surface area (Å²) in [5.74, 6) is 0. The number of rotatable bonds is 4. The summed E-state index contributed by atoms with van der Waals surface area (Å²) in [5, 5.41) is 0. The summed E-state index contributed by atoms with van der Waals surface area (Å²) in [4.78, 5) is 0. The Kier molecular flexibility index (Phi) is 6.08. The molecule has 16 heavy (non-hydrogen) atoms. The van der Waals surface area contributed by atoms with Crippen molar-refractivity contribution in [1.82, 2.24) is 0 Å². The van der Waals surface area contributed by atoms with E-state index in [-0.39, 0.29) is 20.0 Å². The minimum Gasteiger partial charge on any atom is -0.415 e. The van der Waals surface area contributed by atoms with E-state index in [1.807, 2.05) is 0 Å². The third kappa shape index (κ3) is 3.35. The summed E-state index contributed by atoms with van der Waals surface area (Å²) >= 11 is 0. The van der Waals surface area contributed by atoms with E-state index in [0.717, 1.165) is 24.2 Å². The Balaban J connectivity index is 2.85. The molecule has 0 aromatic rings. The fourth-order valence-electron chi connectivity index (χ4n) is 1.67. The van der Waals surface area contributed by atoms with E-state index < -0.39 is 17.1 Å². The van der Waals surface area contributed by atoms with Gasteiger partial charge >= 0.3 is 37.1 Å². The molecular weight excluding hydrogens is 272 g/mol. The molecule has 4 radical (unpaired) electrons. The van der Waals surface area contributed by atoms with E-state index in [4.69, 9.17) is 16.5 Å². The topological polar surface area (TPSA) is 36.9 Å². The second kappa shape index (κ2) is 6.59. The highest BCUT2D eigenvalue weighted by Gasteiger charge is 2.46. The lowest BCUT2D eigenvalue weighted by Crippen LogP contribution is -2.57. The fraction of sp³-hybridized carbons (Fsp3) is 1.00. The summed E-state index contributed by atoms with van der Waals surface area (Å²) in [7, 11) is -3.96. The predicted octanol–water partition coefficient (Wildman–Crippen LogP) is 2.10. The van der Waals surface area contributed by atoms with Gasteiger partial charge in [0.15, 0.2) is 0 Å². The number of hydrogen-bond acceptors (Lipinski definition) is 4. The molecule has 0 saturated carbocycles. The highest BCUT2D eigenvalue weighted by atomic mass is 28.5. The van der Waals surface area contributed by atoms with E-state index in [0.29, 0.717) is 0 Å². The van der Waals surface area contributed by atoms with Gasteiger partial charge in [0.2, 0.25) is 0 Å². The molecular formula is C8H20O4Si4. The molecule has 0 aromatic carbocycles. The normalized spacial score (nSPS) is 24.8. The summed E-state index contributed by atoms with van der Waals surface area (Å²) in [6.07, 6.45) is 0. The molecule has 1 rings (SSSR count). The lowest BCUT2D eigenvalue weighted by molar-refractivity contribution is 0.268. The van der Waals surface area contributed by atoms with Crippen LogP contribution in [0.3, 0.4) is 0 Å². The van der Waals surface area contributed by atoms with Gasteiger partial charge in [0.25, 0.3) is 0 Å². The Labute approximate surface area is 106 Å². The van der Waals surface area contributed by atoms with Crippen molar-refractivity contribution in [2.45, 2.75) is 51.9 Å². The Morgan fingerprint density at radius 2 is 1.12 bits per heavy atom. The van der Waals surface area contributed by atoms with Gasteiger partial charge in [-0.05, 0) is 24.2 Å². The van der Waals surface area contributed by atoms with Gasteiger partial charge in [-0.1, -0.05) is 27.7 Å². The minimum absolute atomic E-state index is 0.0805. The molecule has 4 nitrogen and oxygen atoms in total. The van der Waals surface area contributed by atoms with Crippen molar-refractivity contribution in [2.75, 3.05) is 0 Å². The van der Waals surface area contributed by atoms with Crippen LogP contribution in [0.2, 0.25) is 24.2 Å². The van der Waals surface area contributed by atoms with Crippen LogP contribution in [-0.4, -0.2) is 37.1 Å². The highest BCUT2D eigenvalue weighted by Crippen LogP contribution is 2.29. The predicted molar refractivity (Wildman–Crippen MR) is 69.3 cm³/mol. The second-order valence-corrected chi connectivity index (χ2v) is 13.9. The van der Waals surface area contributed by atoms with Crippen LogP contribution in [0, 0.1) is 0 Å². The van der Waals surface area contributed by atoms with E-state index >= 15 is 0 Å². The van der Waals surface area contributed by atoms with Crippen LogP contribution in [0.4, 0.5) is 0 Å². The maximum absolute atomic E-state index is 6.43. The molecule has 92 valence electrons. The van der Waals surface area contributed by atoms with Gasteiger partial charge in [0.05, 0.1) is 0 Å².